The van der Waals surface area contributed by atoms with Gasteiger partial charge in [-0.15, -0.1) is 10.2 Å². The monoisotopic (exact) mass is 444 g/mol. The van der Waals surface area contributed by atoms with Gasteiger partial charge in [-0.3, -0.25) is 0 Å². The van der Waals surface area contributed by atoms with E-state index >= 15 is 0 Å². The van der Waals surface area contributed by atoms with E-state index in [1.807, 2.05) is 48.9 Å². The Morgan fingerprint density at radius 3 is 2.50 bits per heavy atom. The van der Waals surface area contributed by atoms with Crippen molar-refractivity contribution < 1.29 is 18.3 Å². The van der Waals surface area contributed by atoms with E-state index in [0.717, 1.165) is 17.2 Å². The Balaban J connectivity index is 1.76. The van der Waals surface area contributed by atoms with Crippen molar-refractivity contribution in [3.8, 4) is 11.5 Å². The number of guanidine groups is 1. The topological polar surface area (TPSA) is 85.6 Å². The smallest absolute Gasteiger partial charge is 0.387 e. The minimum absolute atomic E-state index is 0.0691. The van der Waals surface area contributed by atoms with Crippen LogP contribution in [0, 0.1) is 6.92 Å². The van der Waals surface area contributed by atoms with Crippen LogP contribution in [0.1, 0.15) is 22.8 Å². The summed E-state index contributed by atoms with van der Waals surface area (Å²) in [5.74, 6) is 2.62. The first kappa shape index (κ1) is 23.0. The predicted octanol–water partition coefficient (Wildman–Crippen LogP) is 3.17. The highest BCUT2D eigenvalue weighted by molar-refractivity contribution is 5.79. The lowest BCUT2D eigenvalue weighted by atomic mass is 10.2. The van der Waals surface area contributed by atoms with Crippen LogP contribution >= 0.6 is 0 Å². The molecule has 3 aromatic rings. The first-order valence-electron chi connectivity index (χ1n) is 9.99. The molecule has 3 rings (SSSR count). The Bertz CT molecular complexity index is 1040. The molecule has 8 nitrogen and oxygen atoms in total. The number of benzene rings is 2. The summed E-state index contributed by atoms with van der Waals surface area (Å²) < 4.78 is 37.4. The first-order valence-corrected chi connectivity index (χ1v) is 9.99. The summed E-state index contributed by atoms with van der Waals surface area (Å²) in [6.45, 7) is -0.0432. The lowest BCUT2D eigenvalue weighted by Crippen LogP contribution is -2.37. The van der Waals surface area contributed by atoms with Crippen LogP contribution < -0.4 is 20.1 Å². The SMILES string of the molecule is COc1ccc(OC(F)F)c(CNC(=NCc2ccccc2)NCc2nnc(C)n2C)c1. The lowest BCUT2D eigenvalue weighted by Gasteiger charge is -2.16. The van der Waals surface area contributed by atoms with E-state index in [9.17, 15) is 8.78 Å². The van der Waals surface area contributed by atoms with Crippen LogP contribution in [0.2, 0.25) is 0 Å². The molecule has 170 valence electrons. The highest BCUT2D eigenvalue weighted by atomic mass is 19.3. The van der Waals surface area contributed by atoms with Crippen molar-refractivity contribution in [1.82, 2.24) is 25.4 Å². The average molecular weight is 444 g/mol. The molecule has 0 bridgehead atoms. The summed E-state index contributed by atoms with van der Waals surface area (Å²) in [6, 6.07) is 14.4. The quantitative estimate of drug-likeness (QED) is 0.390. The Morgan fingerprint density at radius 1 is 1.09 bits per heavy atom. The molecule has 1 heterocycles. The van der Waals surface area contributed by atoms with Gasteiger partial charge in [0.05, 0.1) is 20.2 Å². The third kappa shape index (κ3) is 6.40. The standard InChI is InChI=1S/C22H26F2N6O2/c1-15-28-29-20(30(15)2)14-27-22(25-12-16-7-5-4-6-8-16)26-13-17-11-18(31-3)9-10-19(17)32-21(23)24/h4-11,21H,12-14H2,1-3H3,(H2,25,26,27). The van der Waals surface area contributed by atoms with Gasteiger partial charge >= 0.3 is 6.61 Å². The number of aromatic nitrogens is 3. The van der Waals surface area contributed by atoms with Crippen molar-refractivity contribution in [2.75, 3.05) is 7.11 Å². The number of methoxy groups -OCH3 is 1. The van der Waals surface area contributed by atoms with Crippen LogP contribution in [0.3, 0.4) is 0 Å². The highest BCUT2D eigenvalue weighted by Gasteiger charge is 2.12. The van der Waals surface area contributed by atoms with E-state index < -0.39 is 6.61 Å². The molecule has 0 aliphatic rings. The Morgan fingerprint density at radius 2 is 1.84 bits per heavy atom. The maximum atomic E-state index is 12.8. The zero-order chi connectivity index (χ0) is 22.9. The molecule has 0 aliphatic heterocycles. The number of aryl methyl sites for hydroxylation is 1. The molecule has 0 atom stereocenters. The molecule has 0 spiro atoms. The Labute approximate surface area is 185 Å². The second kappa shape index (κ2) is 11.1. The van der Waals surface area contributed by atoms with E-state index in [1.54, 1.807) is 12.1 Å². The van der Waals surface area contributed by atoms with Crippen LogP contribution in [-0.4, -0.2) is 34.4 Å². The number of halogens is 2. The van der Waals surface area contributed by atoms with Crippen molar-refractivity contribution in [2.45, 2.75) is 33.2 Å². The average Bonchev–Trinajstić information content (AvgIpc) is 3.12. The maximum absolute atomic E-state index is 12.8. The van der Waals surface area contributed by atoms with E-state index in [1.165, 1.54) is 13.2 Å². The van der Waals surface area contributed by atoms with Gasteiger partial charge in [0.25, 0.3) is 0 Å². The third-order valence-corrected chi connectivity index (χ3v) is 4.79. The summed E-state index contributed by atoms with van der Waals surface area (Å²) in [4.78, 5) is 4.61. The van der Waals surface area contributed by atoms with Gasteiger partial charge in [0.1, 0.15) is 17.3 Å². The van der Waals surface area contributed by atoms with Gasteiger partial charge in [0.2, 0.25) is 0 Å². The fourth-order valence-corrected chi connectivity index (χ4v) is 2.91. The van der Waals surface area contributed by atoms with Crippen LogP contribution in [0.4, 0.5) is 8.78 Å². The fraction of sp³-hybridized carbons (Fsp3) is 0.318. The van der Waals surface area contributed by atoms with Crippen molar-refractivity contribution >= 4 is 5.96 Å². The summed E-state index contributed by atoms with van der Waals surface area (Å²) in [7, 11) is 3.39. The summed E-state index contributed by atoms with van der Waals surface area (Å²) in [5, 5.41) is 14.6. The van der Waals surface area contributed by atoms with Crippen molar-refractivity contribution in [2.24, 2.45) is 12.0 Å². The molecular weight excluding hydrogens is 418 g/mol. The molecule has 0 saturated heterocycles. The Kier molecular flexibility index (Phi) is 7.96. The minimum Gasteiger partial charge on any atom is -0.497 e. The van der Waals surface area contributed by atoms with Gasteiger partial charge in [-0.1, -0.05) is 30.3 Å². The third-order valence-electron chi connectivity index (χ3n) is 4.79. The van der Waals surface area contributed by atoms with Crippen LogP contribution in [-0.2, 0) is 26.7 Å². The summed E-state index contributed by atoms with van der Waals surface area (Å²) in [6.07, 6.45) is 0. The number of alkyl halides is 2. The zero-order valence-electron chi connectivity index (χ0n) is 18.2. The Hall–Kier alpha value is -3.69. The molecule has 2 N–H and O–H groups in total. The van der Waals surface area contributed by atoms with Crippen molar-refractivity contribution in [1.29, 1.82) is 0 Å². The van der Waals surface area contributed by atoms with E-state index in [-0.39, 0.29) is 12.3 Å². The molecule has 10 heteroatoms. The number of ether oxygens (including phenoxy) is 2. The molecule has 0 radical (unpaired) electrons. The van der Waals surface area contributed by atoms with E-state index in [4.69, 9.17) is 4.74 Å². The van der Waals surface area contributed by atoms with Crippen LogP contribution in [0.25, 0.3) is 0 Å². The molecule has 32 heavy (non-hydrogen) atoms. The molecule has 0 fully saturated rings. The van der Waals surface area contributed by atoms with Crippen molar-refractivity contribution in [3.05, 3.63) is 71.3 Å². The largest absolute Gasteiger partial charge is 0.497 e. The molecular formula is C22H26F2N6O2. The molecule has 0 unspecified atom stereocenters. The van der Waals surface area contributed by atoms with Crippen molar-refractivity contribution in [3.63, 3.8) is 0 Å². The van der Waals surface area contributed by atoms with Crippen LogP contribution in [0.15, 0.2) is 53.5 Å². The van der Waals surface area contributed by atoms with Crippen LogP contribution in [0.5, 0.6) is 11.5 Å². The predicted molar refractivity (Wildman–Crippen MR) is 117 cm³/mol. The van der Waals surface area contributed by atoms with Gasteiger partial charge in [-0.05, 0) is 30.7 Å². The number of hydrogen-bond donors (Lipinski definition) is 2. The van der Waals surface area contributed by atoms with Gasteiger partial charge in [-0.2, -0.15) is 8.78 Å². The molecule has 2 aromatic carbocycles. The van der Waals surface area contributed by atoms with Gasteiger partial charge in [-0.25, -0.2) is 4.99 Å². The zero-order valence-corrected chi connectivity index (χ0v) is 18.2. The number of hydrogen-bond acceptors (Lipinski definition) is 5. The number of aliphatic imine (C=N–C) groups is 1. The normalized spacial score (nSPS) is 11.5. The van der Waals surface area contributed by atoms with Gasteiger partial charge in [0, 0.05) is 19.2 Å². The molecule has 1 aromatic heterocycles. The molecule has 0 saturated carbocycles. The molecule has 0 amide bonds. The number of nitrogens with zero attached hydrogens (tertiary/aromatic N) is 4. The maximum Gasteiger partial charge on any atom is 0.387 e. The number of rotatable bonds is 9. The van der Waals surface area contributed by atoms with Gasteiger partial charge < -0.3 is 24.7 Å². The summed E-state index contributed by atoms with van der Waals surface area (Å²) in [5.41, 5.74) is 1.54. The second-order valence-corrected chi connectivity index (χ2v) is 6.93. The summed E-state index contributed by atoms with van der Waals surface area (Å²) >= 11 is 0. The number of nitrogens with one attached hydrogen (secondary N) is 2. The fourth-order valence-electron chi connectivity index (χ4n) is 2.91. The second-order valence-electron chi connectivity index (χ2n) is 6.93. The minimum atomic E-state index is -2.93. The highest BCUT2D eigenvalue weighted by Crippen LogP contribution is 2.25. The molecule has 0 aliphatic carbocycles. The lowest BCUT2D eigenvalue weighted by molar-refractivity contribution is -0.0505. The first-order chi connectivity index (χ1) is 15.5. The van der Waals surface area contributed by atoms with E-state index in [0.29, 0.717) is 30.4 Å². The van der Waals surface area contributed by atoms with Gasteiger partial charge in [0.15, 0.2) is 11.8 Å². The van der Waals surface area contributed by atoms with E-state index in [2.05, 4.69) is 30.6 Å².